The number of carbonyl (C=O) groups is 1. The molecule has 0 bridgehead atoms. The van der Waals surface area contributed by atoms with Gasteiger partial charge in [0.25, 0.3) is 0 Å². The Kier molecular flexibility index (Phi) is 2.48. The highest BCUT2D eigenvalue weighted by Crippen LogP contribution is 2.23. The molecule has 2 rings (SSSR count). The van der Waals surface area contributed by atoms with Crippen molar-refractivity contribution in [2.75, 3.05) is 0 Å². The Morgan fingerprint density at radius 1 is 1.31 bits per heavy atom. The Morgan fingerprint density at radius 3 is 2.62 bits per heavy atom. The van der Waals surface area contributed by atoms with E-state index in [9.17, 15) is 9.18 Å². The molecule has 0 unspecified atom stereocenters. The number of carboxylic acids is 1. The third-order valence-electron chi connectivity index (χ3n) is 2.27. The lowest BCUT2D eigenvalue weighted by Crippen LogP contribution is -1.91. The molecule has 16 heavy (non-hydrogen) atoms. The number of aromatic carboxylic acids is 1. The first-order valence-corrected chi connectivity index (χ1v) is 4.67. The fraction of sp³-hybridized carbons (Fsp3) is 0.0833. The second-order valence-electron chi connectivity index (χ2n) is 3.43. The van der Waals surface area contributed by atoms with Gasteiger partial charge in [-0.05, 0) is 30.7 Å². The Labute approximate surface area is 91.1 Å². The third-order valence-corrected chi connectivity index (χ3v) is 2.27. The lowest BCUT2D eigenvalue weighted by Gasteiger charge is -1.99. The van der Waals surface area contributed by atoms with Gasteiger partial charge in [0.15, 0.2) is 0 Å². The van der Waals surface area contributed by atoms with Crippen molar-refractivity contribution < 1.29 is 18.7 Å². The summed E-state index contributed by atoms with van der Waals surface area (Å²) < 4.78 is 18.3. The molecule has 0 aliphatic heterocycles. The number of carboxylic acid groups (broad SMARTS) is 1. The van der Waals surface area contributed by atoms with E-state index < -0.39 is 5.97 Å². The van der Waals surface area contributed by atoms with Crippen LogP contribution in [0.15, 0.2) is 34.7 Å². The minimum atomic E-state index is -1.14. The van der Waals surface area contributed by atoms with Gasteiger partial charge in [-0.1, -0.05) is 12.1 Å². The molecule has 1 N–H and O–H groups in total. The Hall–Kier alpha value is -2.10. The summed E-state index contributed by atoms with van der Waals surface area (Å²) >= 11 is 0. The second kappa shape index (κ2) is 3.81. The van der Waals surface area contributed by atoms with E-state index in [-0.39, 0.29) is 11.6 Å². The highest BCUT2D eigenvalue weighted by Gasteiger charge is 2.11. The van der Waals surface area contributed by atoms with Crippen LogP contribution < -0.4 is 0 Å². The van der Waals surface area contributed by atoms with Crippen molar-refractivity contribution in [1.29, 1.82) is 0 Å². The molecule has 0 atom stereocenters. The topological polar surface area (TPSA) is 50.4 Å². The summed E-state index contributed by atoms with van der Waals surface area (Å²) in [4.78, 5) is 10.6. The van der Waals surface area contributed by atoms with Gasteiger partial charge < -0.3 is 9.52 Å². The molecule has 0 aliphatic carbocycles. The first-order valence-electron chi connectivity index (χ1n) is 4.67. The lowest BCUT2D eigenvalue weighted by atomic mass is 10.1. The molecule has 0 saturated carbocycles. The highest BCUT2D eigenvalue weighted by molar-refractivity contribution is 5.85. The first-order chi connectivity index (χ1) is 7.58. The number of benzene rings is 1. The first kappa shape index (κ1) is 10.4. The quantitative estimate of drug-likeness (QED) is 0.845. The second-order valence-corrected chi connectivity index (χ2v) is 3.43. The molecule has 1 heterocycles. The molecule has 1 aromatic heterocycles. The average molecular weight is 220 g/mol. The lowest BCUT2D eigenvalue weighted by molar-refractivity contribution is 0.0663. The van der Waals surface area contributed by atoms with E-state index in [1.807, 2.05) is 0 Å². The number of furan rings is 1. The summed E-state index contributed by atoms with van der Waals surface area (Å²) in [6.07, 6.45) is 0. The molecule has 0 spiro atoms. The molecular formula is C12H9FO3. The monoisotopic (exact) mass is 220 g/mol. The fourth-order valence-corrected chi connectivity index (χ4v) is 1.35. The molecule has 0 saturated heterocycles. The van der Waals surface area contributed by atoms with E-state index in [2.05, 4.69) is 0 Å². The van der Waals surface area contributed by atoms with Gasteiger partial charge in [0.05, 0.1) is 0 Å². The maximum atomic E-state index is 13.3. The van der Waals surface area contributed by atoms with Gasteiger partial charge in [0.2, 0.25) is 5.76 Å². The summed E-state index contributed by atoms with van der Waals surface area (Å²) in [6.45, 7) is 1.66. The van der Waals surface area contributed by atoms with Gasteiger partial charge in [-0.15, -0.1) is 0 Å². The van der Waals surface area contributed by atoms with Crippen molar-refractivity contribution in [3.05, 3.63) is 47.5 Å². The molecule has 0 aliphatic rings. The van der Waals surface area contributed by atoms with Crippen molar-refractivity contribution in [3.8, 4) is 11.3 Å². The van der Waals surface area contributed by atoms with Crippen LogP contribution in [0.25, 0.3) is 11.3 Å². The van der Waals surface area contributed by atoms with E-state index in [4.69, 9.17) is 9.52 Å². The van der Waals surface area contributed by atoms with Crippen LogP contribution in [-0.4, -0.2) is 11.1 Å². The van der Waals surface area contributed by atoms with Crippen molar-refractivity contribution in [2.45, 2.75) is 6.92 Å². The van der Waals surface area contributed by atoms with E-state index in [1.165, 1.54) is 18.2 Å². The van der Waals surface area contributed by atoms with Gasteiger partial charge in [-0.3, -0.25) is 0 Å². The van der Waals surface area contributed by atoms with Crippen LogP contribution in [0, 0.1) is 12.7 Å². The Balaban J connectivity index is 2.42. The summed E-state index contributed by atoms with van der Waals surface area (Å²) in [5.41, 5.74) is 1.06. The number of halogens is 1. The molecular weight excluding hydrogens is 211 g/mol. The van der Waals surface area contributed by atoms with Crippen LogP contribution in [0.5, 0.6) is 0 Å². The van der Waals surface area contributed by atoms with E-state index >= 15 is 0 Å². The van der Waals surface area contributed by atoms with Gasteiger partial charge >= 0.3 is 5.97 Å². The van der Waals surface area contributed by atoms with E-state index in [0.717, 1.165) is 0 Å². The highest BCUT2D eigenvalue weighted by atomic mass is 19.1. The van der Waals surface area contributed by atoms with Crippen LogP contribution in [0.3, 0.4) is 0 Å². The number of aryl methyl sites for hydroxylation is 1. The molecule has 2 aromatic rings. The van der Waals surface area contributed by atoms with Gasteiger partial charge in [-0.25, -0.2) is 9.18 Å². The van der Waals surface area contributed by atoms with Crippen LogP contribution in [0.1, 0.15) is 16.1 Å². The maximum absolute atomic E-state index is 13.3. The van der Waals surface area contributed by atoms with Crippen molar-refractivity contribution in [3.63, 3.8) is 0 Å². The molecule has 1 aromatic carbocycles. The van der Waals surface area contributed by atoms with Gasteiger partial charge in [0.1, 0.15) is 11.6 Å². The molecule has 82 valence electrons. The zero-order chi connectivity index (χ0) is 11.7. The van der Waals surface area contributed by atoms with Crippen molar-refractivity contribution in [2.24, 2.45) is 0 Å². The summed E-state index contributed by atoms with van der Waals surface area (Å²) in [7, 11) is 0. The molecule has 0 fully saturated rings. The van der Waals surface area contributed by atoms with Crippen LogP contribution in [0.2, 0.25) is 0 Å². The van der Waals surface area contributed by atoms with Gasteiger partial charge in [-0.2, -0.15) is 0 Å². The molecule has 0 amide bonds. The molecule has 0 radical (unpaired) electrons. The SMILES string of the molecule is Cc1ccc(-c2ccc(C(=O)O)o2)cc1F. The summed E-state index contributed by atoms with van der Waals surface area (Å²) in [6, 6.07) is 7.47. The van der Waals surface area contributed by atoms with E-state index in [0.29, 0.717) is 16.9 Å². The standard InChI is InChI=1S/C12H9FO3/c1-7-2-3-8(6-9(7)13)10-4-5-11(16-10)12(14)15/h2-6H,1H3,(H,14,15). The van der Waals surface area contributed by atoms with Crippen molar-refractivity contribution in [1.82, 2.24) is 0 Å². The minimum Gasteiger partial charge on any atom is -0.475 e. The zero-order valence-corrected chi connectivity index (χ0v) is 8.53. The van der Waals surface area contributed by atoms with Crippen molar-refractivity contribution >= 4 is 5.97 Å². The molecule has 4 heteroatoms. The normalized spacial score (nSPS) is 10.4. The smallest absolute Gasteiger partial charge is 0.371 e. The third kappa shape index (κ3) is 1.82. The Bertz CT molecular complexity index is 543. The largest absolute Gasteiger partial charge is 0.475 e. The average Bonchev–Trinajstić information content (AvgIpc) is 2.71. The fourth-order valence-electron chi connectivity index (χ4n) is 1.35. The summed E-state index contributed by atoms with van der Waals surface area (Å²) in [5.74, 6) is -1.29. The van der Waals surface area contributed by atoms with E-state index in [1.54, 1.807) is 19.1 Å². The number of rotatable bonds is 2. The van der Waals surface area contributed by atoms with Gasteiger partial charge in [0, 0.05) is 5.56 Å². The molecule has 3 nitrogen and oxygen atoms in total. The Morgan fingerprint density at radius 2 is 2.06 bits per heavy atom. The predicted molar refractivity (Wildman–Crippen MR) is 55.8 cm³/mol. The number of hydrogen-bond donors (Lipinski definition) is 1. The van der Waals surface area contributed by atoms with Crippen LogP contribution in [0.4, 0.5) is 4.39 Å². The minimum absolute atomic E-state index is 0.156. The summed E-state index contributed by atoms with van der Waals surface area (Å²) in [5, 5.41) is 8.68. The number of hydrogen-bond acceptors (Lipinski definition) is 2. The van der Waals surface area contributed by atoms with Crippen LogP contribution >= 0.6 is 0 Å². The maximum Gasteiger partial charge on any atom is 0.371 e. The predicted octanol–water partition coefficient (Wildman–Crippen LogP) is 3.09. The zero-order valence-electron chi connectivity index (χ0n) is 8.53. The van der Waals surface area contributed by atoms with Crippen LogP contribution in [-0.2, 0) is 0 Å².